The number of non-ortho nitro benzene ring substituents is 1. The minimum atomic E-state index is -0.479. The summed E-state index contributed by atoms with van der Waals surface area (Å²) in [6, 6.07) is 16.1. The molecule has 1 aliphatic carbocycles. The Morgan fingerprint density at radius 1 is 1.10 bits per heavy atom. The van der Waals surface area contributed by atoms with Crippen LogP contribution in [0, 0.1) is 10.1 Å². The molecular formula is C22H23BrN2O4. The van der Waals surface area contributed by atoms with E-state index in [-0.39, 0.29) is 16.2 Å². The van der Waals surface area contributed by atoms with E-state index in [0.29, 0.717) is 11.5 Å². The van der Waals surface area contributed by atoms with Gasteiger partial charge in [-0.15, -0.1) is 0 Å². The summed E-state index contributed by atoms with van der Waals surface area (Å²) in [5.74, 6) is 0.0642. The summed E-state index contributed by atoms with van der Waals surface area (Å²) in [4.78, 5) is 25.4. The SMILES string of the molecule is O=C(O[C@@H]1CCCC[C@@]1(Br)N1CC(c2ccccc2)C1)c1ccc([N+](=O)[O-])cc1. The Bertz CT molecular complexity index is 883. The molecule has 2 aromatic rings. The van der Waals surface area contributed by atoms with Crippen molar-refractivity contribution in [2.75, 3.05) is 13.1 Å². The summed E-state index contributed by atoms with van der Waals surface area (Å²) in [5.41, 5.74) is 1.64. The second-order valence-electron chi connectivity index (χ2n) is 7.77. The van der Waals surface area contributed by atoms with Gasteiger partial charge in [-0.1, -0.05) is 52.7 Å². The van der Waals surface area contributed by atoms with E-state index >= 15 is 0 Å². The Hall–Kier alpha value is -2.25. The molecule has 7 heteroatoms. The van der Waals surface area contributed by atoms with Crippen molar-refractivity contribution in [1.82, 2.24) is 4.90 Å². The van der Waals surface area contributed by atoms with E-state index < -0.39 is 10.9 Å². The van der Waals surface area contributed by atoms with E-state index in [9.17, 15) is 14.9 Å². The van der Waals surface area contributed by atoms with E-state index in [4.69, 9.17) is 4.74 Å². The number of benzene rings is 2. The second-order valence-corrected chi connectivity index (χ2v) is 9.15. The maximum Gasteiger partial charge on any atom is 0.338 e. The predicted molar refractivity (Wildman–Crippen MR) is 113 cm³/mol. The van der Waals surface area contributed by atoms with Crippen LogP contribution in [0.4, 0.5) is 5.69 Å². The number of halogens is 1. The second kappa shape index (κ2) is 8.24. The molecule has 2 atom stereocenters. The van der Waals surface area contributed by atoms with Crippen LogP contribution >= 0.6 is 15.9 Å². The topological polar surface area (TPSA) is 72.7 Å². The van der Waals surface area contributed by atoms with Crippen molar-refractivity contribution in [2.45, 2.75) is 42.2 Å². The van der Waals surface area contributed by atoms with Crippen LogP contribution in [0.15, 0.2) is 54.6 Å². The Labute approximate surface area is 178 Å². The molecule has 6 nitrogen and oxygen atoms in total. The molecule has 2 aromatic carbocycles. The molecule has 29 heavy (non-hydrogen) atoms. The Morgan fingerprint density at radius 3 is 2.45 bits per heavy atom. The predicted octanol–water partition coefficient (Wildman–Crippen LogP) is 4.88. The zero-order chi connectivity index (χ0) is 20.4. The number of hydrogen-bond acceptors (Lipinski definition) is 5. The Kier molecular flexibility index (Phi) is 5.69. The first-order chi connectivity index (χ1) is 14.0. The molecule has 1 aliphatic heterocycles. The zero-order valence-corrected chi connectivity index (χ0v) is 17.6. The first-order valence-corrected chi connectivity index (χ1v) is 10.7. The third kappa shape index (κ3) is 4.07. The molecule has 2 aliphatic rings. The highest BCUT2D eigenvalue weighted by atomic mass is 79.9. The summed E-state index contributed by atoms with van der Waals surface area (Å²) < 4.78 is 5.54. The van der Waals surface area contributed by atoms with Gasteiger partial charge in [-0.05, 0) is 37.0 Å². The number of likely N-dealkylation sites (tertiary alicyclic amines) is 1. The van der Waals surface area contributed by atoms with Crippen LogP contribution in [0.5, 0.6) is 0 Å². The first-order valence-electron chi connectivity index (χ1n) is 9.92. The molecule has 0 bridgehead atoms. The number of nitrogens with zero attached hydrogens (tertiary/aromatic N) is 2. The van der Waals surface area contributed by atoms with Crippen LogP contribution in [0.2, 0.25) is 0 Å². The normalized spacial score (nSPS) is 25.2. The summed E-state index contributed by atoms with van der Waals surface area (Å²) in [5, 5.41) is 10.8. The molecule has 0 N–H and O–H groups in total. The van der Waals surface area contributed by atoms with Gasteiger partial charge in [0.1, 0.15) is 10.6 Å². The molecule has 1 heterocycles. The number of rotatable bonds is 5. The number of alkyl halides is 1. The smallest absolute Gasteiger partial charge is 0.338 e. The lowest BCUT2D eigenvalue weighted by Gasteiger charge is -2.53. The average Bonchev–Trinajstić information content (AvgIpc) is 2.69. The maximum atomic E-state index is 12.7. The van der Waals surface area contributed by atoms with Gasteiger partial charge in [-0.3, -0.25) is 15.0 Å². The minimum absolute atomic E-state index is 0.0402. The fourth-order valence-electron chi connectivity index (χ4n) is 4.23. The highest BCUT2D eigenvalue weighted by molar-refractivity contribution is 9.10. The molecule has 152 valence electrons. The van der Waals surface area contributed by atoms with E-state index in [1.54, 1.807) is 0 Å². The van der Waals surface area contributed by atoms with Crippen LogP contribution in [-0.2, 0) is 4.74 Å². The quantitative estimate of drug-likeness (QED) is 0.209. The molecular weight excluding hydrogens is 436 g/mol. The molecule has 0 amide bonds. The van der Waals surface area contributed by atoms with E-state index in [1.165, 1.54) is 29.8 Å². The molecule has 0 aromatic heterocycles. The lowest BCUT2D eigenvalue weighted by molar-refractivity contribution is -0.384. The van der Waals surface area contributed by atoms with Gasteiger partial charge in [0.25, 0.3) is 5.69 Å². The summed E-state index contributed by atoms with van der Waals surface area (Å²) in [7, 11) is 0. The van der Waals surface area contributed by atoms with Gasteiger partial charge >= 0.3 is 5.97 Å². The zero-order valence-electron chi connectivity index (χ0n) is 16.0. The van der Waals surface area contributed by atoms with Gasteiger partial charge in [0.15, 0.2) is 0 Å². The minimum Gasteiger partial charge on any atom is -0.456 e. The van der Waals surface area contributed by atoms with Gasteiger partial charge in [0, 0.05) is 31.1 Å². The number of hydrogen-bond donors (Lipinski definition) is 0. The van der Waals surface area contributed by atoms with Crippen LogP contribution in [0.25, 0.3) is 0 Å². The molecule has 4 rings (SSSR count). The van der Waals surface area contributed by atoms with E-state index in [0.717, 1.165) is 38.8 Å². The average molecular weight is 459 g/mol. The van der Waals surface area contributed by atoms with Crippen LogP contribution < -0.4 is 0 Å². The Balaban J connectivity index is 1.43. The Morgan fingerprint density at radius 2 is 1.79 bits per heavy atom. The largest absolute Gasteiger partial charge is 0.456 e. The molecule has 0 unspecified atom stereocenters. The number of nitro benzene ring substituents is 1. The van der Waals surface area contributed by atoms with Crippen LogP contribution in [-0.4, -0.2) is 39.4 Å². The summed E-state index contributed by atoms with van der Waals surface area (Å²) in [6.07, 6.45) is 3.57. The monoisotopic (exact) mass is 458 g/mol. The molecule has 0 radical (unpaired) electrons. The van der Waals surface area contributed by atoms with Crippen molar-refractivity contribution in [1.29, 1.82) is 0 Å². The molecule has 0 spiro atoms. The van der Waals surface area contributed by atoms with E-state index in [1.807, 2.05) is 6.07 Å². The standard InChI is InChI=1S/C22H23BrN2O4/c23-22(24-14-18(15-24)16-6-2-1-3-7-16)13-5-4-8-20(22)29-21(26)17-9-11-19(12-10-17)25(27)28/h1-3,6-7,9-12,18,20H,4-5,8,13-15H2/t20-,22-/m1/s1. The summed E-state index contributed by atoms with van der Waals surface area (Å²) in [6.45, 7) is 1.86. The fraction of sp³-hybridized carbons (Fsp3) is 0.409. The van der Waals surface area contributed by atoms with Crippen molar-refractivity contribution in [3.05, 3.63) is 75.8 Å². The van der Waals surface area contributed by atoms with E-state index in [2.05, 4.69) is 45.1 Å². The lowest BCUT2D eigenvalue weighted by atomic mass is 9.84. The van der Waals surface area contributed by atoms with Crippen molar-refractivity contribution in [3.8, 4) is 0 Å². The number of carbonyl (C=O) groups is 1. The fourth-order valence-corrected chi connectivity index (χ4v) is 5.12. The van der Waals surface area contributed by atoms with Crippen molar-refractivity contribution >= 4 is 27.6 Å². The third-order valence-corrected chi connectivity index (χ3v) is 7.39. The number of ether oxygens (including phenoxy) is 1. The van der Waals surface area contributed by atoms with Gasteiger partial charge in [-0.25, -0.2) is 4.79 Å². The number of carbonyl (C=O) groups excluding carboxylic acids is 1. The van der Waals surface area contributed by atoms with Crippen molar-refractivity contribution in [2.24, 2.45) is 0 Å². The van der Waals surface area contributed by atoms with Gasteiger partial charge < -0.3 is 4.74 Å². The number of nitro groups is 1. The lowest BCUT2D eigenvalue weighted by Crippen LogP contribution is -2.62. The highest BCUT2D eigenvalue weighted by Crippen LogP contribution is 2.46. The van der Waals surface area contributed by atoms with Gasteiger partial charge in [-0.2, -0.15) is 0 Å². The van der Waals surface area contributed by atoms with Crippen LogP contribution in [0.3, 0.4) is 0 Å². The molecule has 1 saturated carbocycles. The van der Waals surface area contributed by atoms with Crippen molar-refractivity contribution < 1.29 is 14.5 Å². The molecule has 1 saturated heterocycles. The number of esters is 1. The van der Waals surface area contributed by atoms with Gasteiger partial charge in [0.05, 0.1) is 10.5 Å². The summed E-state index contributed by atoms with van der Waals surface area (Å²) >= 11 is 3.93. The third-order valence-electron chi connectivity index (χ3n) is 5.98. The molecule has 2 fully saturated rings. The first kappa shape index (κ1) is 20.0. The van der Waals surface area contributed by atoms with Gasteiger partial charge in [0.2, 0.25) is 0 Å². The van der Waals surface area contributed by atoms with Crippen LogP contribution in [0.1, 0.15) is 47.5 Å². The maximum absolute atomic E-state index is 12.7. The highest BCUT2D eigenvalue weighted by Gasteiger charge is 2.50. The van der Waals surface area contributed by atoms with Crippen molar-refractivity contribution in [3.63, 3.8) is 0 Å².